The van der Waals surface area contributed by atoms with Crippen LogP contribution in [-0.2, 0) is 13.2 Å². The number of halogens is 1. The molecule has 0 saturated heterocycles. The molecule has 284 valence electrons. The molecular formula is C39H35FN10O6. The summed E-state index contributed by atoms with van der Waals surface area (Å²) in [4.78, 5) is 41.8. The molecule has 0 atom stereocenters. The van der Waals surface area contributed by atoms with Crippen molar-refractivity contribution >= 4 is 22.5 Å². The van der Waals surface area contributed by atoms with Gasteiger partial charge < -0.3 is 27.8 Å². The van der Waals surface area contributed by atoms with Crippen LogP contribution in [0.1, 0.15) is 47.0 Å². The van der Waals surface area contributed by atoms with Crippen molar-refractivity contribution in [3.8, 4) is 46.2 Å². The molecule has 0 fully saturated rings. The minimum atomic E-state index is -3.67. The average molecular weight is 767 g/mol. The number of rotatable bonds is 14. The van der Waals surface area contributed by atoms with Crippen LogP contribution in [0.15, 0.2) is 94.8 Å². The third-order valence-electron chi connectivity index (χ3n) is 7.34. The molecule has 8 rings (SSSR count). The van der Waals surface area contributed by atoms with E-state index in [1.807, 2.05) is 13.8 Å². The van der Waals surface area contributed by atoms with Crippen molar-refractivity contribution in [1.29, 1.82) is 0 Å². The van der Waals surface area contributed by atoms with Crippen molar-refractivity contribution < 1.29 is 43.1 Å². The van der Waals surface area contributed by atoms with Crippen LogP contribution in [0.5, 0.6) is 23.0 Å². The summed E-state index contributed by atoms with van der Waals surface area (Å²) in [5.41, 5.74) is 5.38. The summed E-state index contributed by atoms with van der Waals surface area (Å²) in [5.74, 6) is 1.52. The van der Waals surface area contributed by atoms with Crippen LogP contribution < -0.4 is 18.9 Å². The lowest BCUT2D eigenvalue weighted by atomic mass is 10.3. The zero-order valence-corrected chi connectivity index (χ0v) is 29.8. The van der Waals surface area contributed by atoms with E-state index in [0.29, 0.717) is 68.5 Å². The van der Waals surface area contributed by atoms with E-state index >= 15 is 0 Å². The van der Waals surface area contributed by atoms with Gasteiger partial charge in [0, 0.05) is 26.3 Å². The summed E-state index contributed by atoms with van der Waals surface area (Å²) in [6.45, 7) is -4.34. The highest BCUT2D eigenvalue weighted by atomic mass is 19.1. The van der Waals surface area contributed by atoms with Crippen molar-refractivity contribution in [2.45, 2.75) is 40.4 Å². The van der Waals surface area contributed by atoms with Gasteiger partial charge in [0.25, 0.3) is 0 Å². The number of ether oxygens (including phenoxy) is 4. The van der Waals surface area contributed by atoms with E-state index in [0.717, 1.165) is 24.5 Å². The Balaban J connectivity index is 0.000000191. The maximum Gasteiger partial charge on any atom is 0.248 e. The second-order valence-corrected chi connectivity index (χ2v) is 11.4. The molecule has 0 bridgehead atoms. The Morgan fingerprint density at radius 2 is 1.05 bits per heavy atom. The molecule has 0 aliphatic carbocycles. The van der Waals surface area contributed by atoms with Gasteiger partial charge in [-0.1, -0.05) is 6.92 Å². The molecule has 17 heteroatoms. The van der Waals surface area contributed by atoms with Crippen LogP contribution >= 0.6 is 0 Å². The number of aromatic nitrogens is 10. The highest BCUT2D eigenvalue weighted by Gasteiger charge is 2.14. The summed E-state index contributed by atoms with van der Waals surface area (Å²) in [6, 6.07) is 12.8. The molecule has 56 heavy (non-hydrogen) atoms. The summed E-state index contributed by atoms with van der Waals surface area (Å²) in [6.07, 6.45) is 6.14. The van der Waals surface area contributed by atoms with E-state index in [4.69, 9.17) is 38.7 Å². The number of alkyl halides is 1. The number of oxazole rings is 2. The molecule has 0 spiro atoms. The Morgan fingerprint density at radius 3 is 1.48 bits per heavy atom. The molecule has 0 aliphatic rings. The molecular weight excluding hydrogens is 723 g/mol. The Kier molecular flexibility index (Phi) is 8.98. The van der Waals surface area contributed by atoms with Crippen LogP contribution in [0, 0.1) is 13.8 Å². The highest BCUT2D eigenvalue weighted by molar-refractivity contribution is 5.74. The second kappa shape index (κ2) is 17.8. The van der Waals surface area contributed by atoms with E-state index in [9.17, 15) is 4.39 Å². The monoisotopic (exact) mass is 766 g/mol. The first-order valence-corrected chi connectivity index (χ1v) is 16.5. The maximum absolute atomic E-state index is 13.2. The minimum absolute atomic E-state index is 0.0557. The zero-order chi connectivity index (χ0) is 45.9. The molecule has 0 aliphatic heterocycles. The van der Waals surface area contributed by atoms with Gasteiger partial charge in [0.15, 0.2) is 0 Å². The Morgan fingerprint density at radius 1 is 0.571 bits per heavy atom. The Labute approximate surface area is 330 Å². The number of aryl methyl sites for hydroxylation is 2. The Hall–Kier alpha value is -7.17. The van der Waals surface area contributed by atoms with Gasteiger partial charge in [0.1, 0.15) is 84.5 Å². The normalized spacial score (nSPS) is 14.1. The first-order valence-electron chi connectivity index (χ1n) is 20.5. The lowest BCUT2D eigenvalue weighted by molar-refractivity contribution is 0.271. The minimum Gasteiger partial charge on any atom is -0.492 e. The first-order chi connectivity index (χ1) is 30.2. The van der Waals surface area contributed by atoms with Gasteiger partial charge in [0.05, 0.1) is 51.0 Å². The predicted molar refractivity (Wildman–Crippen MR) is 200 cm³/mol. The fourth-order valence-electron chi connectivity index (χ4n) is 4.75. The van der Waals surface area contributed by atoms with Crippen molar-refractivity contribution in [1.82, 2.24) is 49.8 Å². The fraction of sp³-hybridized carbons (Fsp3) is 0.231. The lowest BCUT2D eigenvalue weighted by Crippen LogP contribution is -2.01. The third-order valence-corrected chi connectivity index (χ3v) is 7.34. The molecule has 0 saturated carbocycles. The molecule has 8 aromatic heterocycles. The van der Waals surface area contributed by atoms with Crippen molar-refractivity contribution in [3.63, 3.8) is 0 Å². The van der Waals surface area contributed by atoms with E-state index in [-0.39, 0.29) is 24.7 Å². The summed E-state index contributed by atoms with van der Waals surface area (Å²) in [5, 5.41) is 0. The van der Waals surface area contributed by atoms with Gasteiger partial charge >= 0.3 is 0 Å². The molecule has 0 N–H and O–H groups in total. The Bertz CT molecular complexity index is 2690. The third kappa shape index (κ3) is 9.67. The maximum atomic E-state index is 13.2. The summed E-state index contributed by atoms with van der Waals surface area (Å²) < 4.78 is 104. The fourth-order valence-corrected chi connectivity index (χ4v) is 4.75. The largest absolute Gasteiger partial charge is 0.492 e. The summed E-state index contributed by atoms with van der Waals surface area (Å²) in [7, 11) is 0. The lowest BCUT2D eigenvalue weighted by Gasteiger charge is -2.07. The molecule has 0 aromatic carbocycles. The van der Waals surface area contributed by atoms with Crippen molar-refractivity contribution in [2.75, 3.05) is 19.7 Å². The standard InChI is InChI=1S/C20H19N5O3.C19H16FN5O3/c1-3-6-26-15-5-4-14(21-9-15)11-27-16-8-18-19(22-10-16)28-20(25-18)17-7-13(2)23-12-24-17;1-12-6-16(24-11-23-12)19-25-17-7-15(9-22-18(17)28-19)27-10-13-2-3-14(8-21-13)26-5-4-20/h4-5,7-10,12H,3,6,11H2,1-2H3;2-3,6-9,11H,4-5,10H2,1H3/i3D2,6D2;4D2,5D2. The van der Waals surface area contributed by atoms with Gasteiger partial charge in [-0.15, -0.1) is 0 Å². The molecule has 8 aromatic rings. The molecule has 0 unspecified atom stereocenters. The number of fused-ring (bicyclic) bond motifs is 2. The smallest absolute Gasteiger partial charge is 0.248 e. The van der Waals surface area contributed by atoms with E-state index in [1.54, 1.807) is 30.3 Å². The van der Waals surface area contributed by atoms with Gasteiger partial charge in [-0.2, -0.15) is 0 Å². The van der Waals surface area contributed by atoms with Gasteiger partial charge in [-0.3, -0.25) is 9.97 Å². The van der Waals surface area contributed by atoms with Crippen molar-refractivity contribution in [2.24, 2.45) is 0 Å². The van der Waals surface area contributed by atoms with Crippen LogP contribution in [0.3, 0.4) is 0 Å². The molecule has 8 heterocycles. The predicted octanol–water partition coefficient (Wildman–Crippen LogP) is 7.06. The summed E-state index contributed by atoms with van der Waals surface area (Å²) >= 11 is 0. The second-order valence-electron chi connectivity index (χ2n) is 11.4. The molecule has 0 radical (unpaired) electrons. The zero-order valence-electron chi connectivity index (χ0n) is 37.8. The number of nitrogens with zero attached hydrogens (tertiary/aromatic N) is 10. The first kappa shape index (κ1) is 28.3. The molecule has 0 amide bonds. The number of hydrogen-bond donors (Lipinski definition) is 0. The van der Waals surface area contributed by atoms with Crippen LogP contribution in [-0.4, -0.2) is 69.6 Å². The van der Waals surface area contributed by atoms with E-state index < -0.39 is 26.1 Å². The van der Waals surface area contributed by atoms with Crippen LogP contribution in [0.2, 0.25) is 0 Å². The quantitative estimate of drug-likeness (QED) is 0.109. The van der Waals surface area contributed by atoms with Gasteiger partial charge in [0.2, 0.25) is 23.2 Å². The number of hydrogen-bond acceptors (Lipinski definition) is 16. The average Bonchev–Trinajstić information content (AvgIpc) is 3.87. The topological polar surface area (TPSA) is 192 Å². The van der Waals surface area contributed by atoms with Crippen LogP contribution in [0.4, 0.5) is 4.39 Å². The molecule has 16 nitrogen and oxygen atoms in total. The SMILES string of the molecule is [2H]C([2H])(C)C([2H])([2H])Oc1ccc(COc2cnc3oc(-c4cc(C)ncn4)nc3c2)nc1.[2H]C([2H])(F)C([2H])([2H])Oc1ccc(COc2cnc3oc(-c4cc(C)ncn4)nc3c2)nc1. The van der Waals surface area contributed by atoms with E-state index in [2.05, 4.69) is 49.8 Å². The van der Waals surface area contributed by atoms with E-state index in [1.165, 1.54) is 49.4 Å². The van der Waals surface area contributed by atoms with Crippen molar-refractivity contribution in [3.05, 3.63) is 109 Å². The highest BCUT2D eigenvalue weighted by Crippen LogP contribution is 2.26. The van der Waals surface area contributed by atoms with Crippen LogP contribution in [0.25, 0.3) is 45.6 Å². The number of pyridine rings is 4. The van der Waals surface area contributed by atoms with Gasteiger partial charge in [-0.05, 0) is 56.6 Å². The van der Waals surface area contributed by atoms with Gasteiger partial charge in [-0.25, -0.2) is 44.3 Å².